The first-order chi connectivity index (χ1) is 11.1. The lowest BCUT2D eigenvalue weighted by Crippen LogP contribution is -1.96. The lowest BCUT2D eigenvalue weighted by atomic mass is 10.2. The van der Waals surface area contributed by atoms with E-state index in [1.807, 2.05) is 0 Å². The molecule has 4 N–H and O–H groups in total. The molecule has 0 aliphatic heterocycles. The van der Waals surface area contributed by atoms with E-state index in [4.69, 9.17) is 0 Å². The van der Waals surface area contributed by atoms with Gasteiger partial charge in [0.25, 0.3) is 0 Å². The van der Waals surface area contributed by atoms with Gasteiger partial charge in [-0.2, -0.15) is 0 Å². The fourth-order valence-electron chi connectivity index (χ4n) is 2.19. The van der Waals surface area contributed by atoms with E-state index < -0.39 is 5.82 Å². The van der Waals surface area contributed by atoms with E-state index in [2.05, 4.69) is 10.6 Å². The first-order valence-electron chi connectivity index (χ1n) is 7.02. The summed E-state index contributed by atoms with van der Waals surface area (Å²) in [5.41, 5.74) is 2.22. The summed E-state index contributed by atoms with van der Waals surface area (Å²) >= 11 is 0. The van der Waals surface area contributed by atoms with E-state index in [1.54, 1.807) is 54.6 Å². The molecule has 0 saturated carbocycles. The summed E-state index contributed by atoms with van der Waals surface area (Å²) < 4.78 is 14.0. The molecule has 5 heteroatoms. The third kappa shape index (κ3) is 3.71. The number of hydrogen-bond donors (Lipinski definition) is 4. The van der Waals surface area contributed by atoms with E-state index in [1.165, 1.54) is 12.1 Å². The van der Waals surface area contributed by atoms with Gasteiger partial charge < -0.3 is 20.8 Å². The Kier molecular flexibility index (Phi) is 4.01. The van der Waals surface area contributed by atoms with E-state index in [-0.39, 0.29) is 17.2 Å². The van der Waals surface area contributed by atoms with Crippen LogP contribution < -0.4 is 10.6 Å². The molecule has 23 heavy (non-hydrogen) atoms. The molecule has 0 fully saturated rings. The van der Waals surface area contributed by atoms with Gasteiger partial charge in [-0.05, 0) is 42.5 Å². The van der Waals surface area contributed by atoms with Crippen molar-refractivity contribution in [1.82, 2.24) is 0 Å². The van der Waals surface area contributed by atoms with Crippen LogP contribution in [0.4, 0.5) is 27.1 Å². The van der Waals surface area contributed by atoms with Gasteiger partial charge in [-0.3, -0.25) is 0 Å². The van der Waals surface area contributed by atoms with Crippen molar-refractivity contribution in [2.45, 2.75) is 0 Å². The van der Waals surface area contributed by atoms with Crippen molar-refractivity contribution in [3.05, 3.63) is 72.5 Å². The molecule has 4 nitrogen and oxygen atoms in total. The SMILES string of the molecule is Oc1cccc(Nc2ccc(F)c(Nc3cccc(O)c3)c2)c1. The molecule has 0 aromatic heterocycles. The van der Waals surface area contributed by atoms with Crippen molar-refractivity contribution < 1.29 is 14.6 Å². The summed E-state index contributed by atoms with van der Waals surface area (Å²) in [4.78, 5) is 0. The van der Waals surface area contributed by atoms with Gasteiger partial charge >= 0.3 is 0 Å². The molecular weight excluding hydrogens is 295 g/mol. The molecule has 0 aliphatic rings. The van der Waals surface area contributed by atoms with E-state index >= 15 is 0 Å². The molecule has 0 radical (unpaired) electrons. The Morgan fingerprint density at radius 3 is 1.83 bits per heavy atom. The molecule has 3 aromatic carbocycles. The predicted molar refractivity (Wildman–Crippen MR) is 89.2 cm³/mol. The monoisotopic (exact) mass is 310 g/mol. The number of aromatic hydroxyl groups is 2. The smallest absolute Gasteiger partial charge is 0.146 e. The zero-order valence-electron chi connectivity index (χ0n) is 12.1. The molecule has 116 valence electrons. The number of halogens is 1. The van der Waals surface area contributed by atoms with Crippen LogP contribution in [-0.2, 0) is 0 Å². The minimum Gasteiger partial charge on any atom is -0.508 e. The Morgan fingerprint density at radius 1 is 0.652 bits per heavy atom. The second kappa shape index (κ2) is 6.27. The molecule has 0 aliphatic carbocycles. The number of hydrogen-bond acceptors (Lipinski definition) is 4. The van der Waals surface area contributed by atoms with E-state index in [0.717, 1.165) is 0 Å². The van der Waals surface area contributed by atoms with Gasteiger partial charge in [0.05, 0.1) is 5.69 Å². The van der Waals surface area contributed by atoms with Gasteiger partial charge in [0, 0.05) is 29.2 Å². The Bertz CT molecular complexity index is 837. The largest absolute Gasteiger partial charge is 0.508 e. The fraction of sp³-hybridized carbons (Fsp3) is 0. The van der Waals surface area contributed by atoms with E-state index in [9.17, 15) is 14.6 Å². The van der Waals surface area contributed by atoms with Crippen molar-refractivity contribution in [2.75, 3.05) is 10.6 Å². The van der Waals surface area contributed by atoms with Crippen LogP contribution in [0.5, 0.6) is 11.5 Å². The number of nitrogens with one attached hydrogen (secondary N) is 2. The van der Waals surface area contributed by atoms with Crippen molar-refractivity contribution in [2.24, 2.45) is 0 Å². The van der Waals surface area contributed by atoms with Crippen LogP contribution in [0.3, 0.4) is 0 Å². The maximum atomic E-state index is 14.0. The van der Waals surface area contributed by atoms with Crippen molar-refractivity contribution in [1.29, 1.82) is 0 Å². The molecule has 3 rings (SSSR count). The van der Waals surface area contributed by atoms with Crippen LogP contribution in [0.25, 0.3) is 0 Å². The predicted octanol–water partition coefficient (Wildman–Crippen LogP) is 4.72. The standard InChI is InChI=1S/C18H15FN2O2/c19-17-8-7-14(20-12-3-1-5-15(22)9-12)11-18(17)21-13-4-2-6-16(23)10-13/h1-11,20-23H. The molecule has 0 heterocycles. The molecular formula is C18H15FN2O2. The first kappa shape index (κ1) is 14.7. The number of anilines is 4. The molecule has 0 amide bonds. The summed E-state index contributed by atoms with van der Waals surface area (Å²) in [5.74, 6) is -0.158. The molecule has 0 atom stereocenters. The summed E-state index contributed by atoms with van der Waals surface area (Å²) in [7, 11) is 0. The van der Waals surface area contributed by atoms with Gasteiger partial charge in [-0.25, -0.2) is 4.39 Å². The summed E-state index contributed by atoms with van der Waals surface area (Å²) in [5, 5.41) is 25.0. The fourth-order valence-corrected chi connectivity index (χ4v) is 2.19. The van der Waals surface area contributed by atoms with Crippen LogP contribution in [0.2, 0.25) is 0 Å². The molecule has 0 spiro atoms. The highest BCUT2D eigenvalue weighted by Crippen LogP contribution is 2.27. The minimum atomic E-state index is -0.408. The Balaban J connectivity index is 1.84. The average molecular weight is 310 g/mol. The molecule has 3 aromatic rings. The highest BCUT2D eigenvalue weighted by Gasteiger charge is 2.05. The average Bonchev–Trinajstić information content (AvgIpc) is 2.51. The second-order valence-corrected chi connectivity index (χ2v) is 5.05. The second-order valence-electron chi connectivity index (χ2n) is 5.05. The van der Waals surface area contributed by atoms with Crippen LogP contribution in [0, 0.1) is 5.82 Å². The normalized spacial score (nSPS) is 10.3. The van der Waals surface area contributed by atoms with Crippen LogP contribution in [-0.4, -0.2) is 10.2 Å². The maximum Gasteiger partial charge on any atom is 0.146 e. The minimum absolute atomic E-state index is 0.101. The summed E-state index contributed by atoms with van der Waals surface area (Å²) in [6.07, 6.45) is 0. The Labute approximate surface area is 132 Å². The van der Waals surface area contributed by atoms with Crippen LogP contribution >= 0.6 is 0 Å². The Morgan fingerprint density at radius 2 is 1.22 bits per heavy atom. The topological polar surface area (TPSA) is 64.5 Å². The van der Waals surface area contributed by atoms with Crippen LogP contribution in [0.1, 0.15) is 0 Å². The Hall–Kier alpha value is -3.21. The van der Waals surface area contributed by atoms with Gasteiger partial charge in [0.1, 0.15) is 17.3 Å². The van der Waals surface area contributed by atoms with E-state index in [0.29, 0.717) is 17.1 Å². The van der Waals surface area contributed by atoms with Crippen LogP contribution in [0.15, 0.2) is 66.7 Å². The molecule has 0 saturated heterocycles. The van der Waals surface area contributed by atoms with Crippen molar-refractivity contribution in [3.8, 4) is 11.5 Å². The zero-order valence-corrected chi connectivity index (χ0v) is 12.1. The highest BCUT2D eigenvalue weighted by molar-refractivity contribution is 5.69. The highest BCUT2D eigenvalue weighted by atomic mass is 19.1. The maximum absolute atomic E-state index is 14.0. The van der Waals surface area contributed by atoms with Crippen molar-refractivity contribution in [3.63, 3.8) is 0 Å². The van der Waals surface area contributed by atoms with Gasteiger partial charge in [-0.15, -0.1) is 0 Å². The lowest BCUT2D eigenvalue weighted by Gasteiger charge is -2.12. The van der Waals surface area contributed by atoms with Gasteiger partial charge in [0.2, 0.25) is 0 Å². The number of rotatable bonds is 4. The number of phenolic OH excluding ortho intramolecular Hbond substituents is 2. The number of benzene rings is 3. The quantitative estimate of drug-likeness (QED) is 0.563. The van der Waals surface area contributed by atoms with Gasteiger partial charge in [-0.1, -0.05) is 12.1 Å². The molecule has 0 bridgehead atoms. The first-order valence-corrected chi connectivity index (χ1v) is 7.02. The zero-order chi connectivity index (χ0) is 16.2. The summed E-state index contributed by atoms with van der Waals surface area (Å²) in [6, 6.07) is 17.7. The molecule has 0 unspecified atom stereocenters. The number of phenols is 2. The summed E-state index contributed by atoms with van der Waals surface area (Å²) in [6.45, 7) is 0. The van der Waals surface area contributed by atoms with Crippen molar-refractivity contribution >= 4 is 22.7 Å². The third-order valence-corrected chi connectivity index (χ3v) is 3.23. The lowest BCUT2D eigenvalue weighted by molar-refractivity contribution is 0.475. The van der Waals surface area contributed by atoms with Gasteiger partial charge in [0.15, 0.2) is 0 Å². The third-order valence-electron chi connectivity index (χ3n) is 3.23.